The van der Waals surface area contributed by atoms with E-state index in [1.54, 1.807) is 11.3 Å². The highest BCUT2D eigenvalue weighted by atomic mass is 35.5. The Bertz CT molecular complexity index is 552. The van der Waals surface area contributed by atoms with Gasteiger partial charge in [0.1, 0.15) is 0 Å². The molecule has 1 aromatic heterocycles. The lowest BCUT2D eigenvalue weighted by Crippen LogP contribution is -2.22. The number of anilines is 1. The molecule has 2 aromatic rings. The number of rotatable bonds is 7. The van der Waals surface area contributed by atoms with Gasteiger partial charge in [0, 0.05) is 29.2 Å². The summed E-state index contributed by atoms with van der Waals surface area (Å²) in [5, 5.41) is 6.41. The van der Waals surface area contributed by atoms with Crippen molar-refractivity contribution < 1.29 is 0 Å². The molecule has 21 heavy (non-hydrogen) atoms. The molecule has 0 aliphatic carbocycles. The van der Waals surface area contributed by atoms with Gasteiger partial charge in [0.2, 0.25) is 0 Å². The van der Waals surface area contributed by atoms with Gasteiger partial charge >= 0.3 is 0 Å². The number of hydrogen-bond acceptors (Lipinski definition) is 3. The summed E-state index contributed by atoms with van der Waals surface area (Å²) < 4.78 is 0. The Hall–Kier alpha value is -1.03. The number of nitrogens with one attached hydrogen (secondary N) is 1. The smallest absolute Gasteiger partial charge is 0.0519 e. The molecule has 1 N–H and O–H groups in total. The maximum atomic E-state index is 6.18. The van der Waals surface area contributed by atoms with Crippen LogP contribution >= 0.6 is 22.9 Å². The SMILES string of the molecule is CC(C)CNCc1ccc(Cl)cc1N(C)Cc1cccs1. The van der Waals surface area contributed by atoms with Crippen LogP contribution in [0.5, 0.6) is 0 Å². The molecule has 0 amide bonds. The van der Waals surface area contributed by atoms with Crippen LogP contribution in [0.4, 0.5) is 5.69 Å². The van der Waals surface area contributed by atoms with Crippen molar-refractivity contribution in [2.45, 2.75) is 26.9 Å². The van der Waals surface area contributed by atoms with Gasteiger partial charge in [-0.15, -0.1) is 11.3 Å². The molecule has 0 bridgehead atoms. The summed E-state index contributed by atoms with van der Waals surface area (Å²) in [6, 6.07) is 10.4. The molecule has 2 nitrogen and oxygen atoms in total. The van der Waals surface area contributed by atoms with Crippen LogP contribution in [0.25, 0.3) is 0 Å². The van der Waals surface area contributed by atoms with E-state index >= 15 is 0 Å². The van der Waals surface area contributed by atoms with Crippen LogP contribution < -0.4 is 10.2 Å². The highest BCUT2D eigenvalue weighted by molar-refractivity contribution is 7.09. The number of thiophene rings is 1. The lowest BCUT2D eigenvalue weighted by Gasteiger charge is -2.23. The second-order valence-electron chi connectivity index (χ2n) is 5.73. The van der Waals surface area contributed by atoms with Crippen molar-refractivity contribution in [1.29, 1.82) is 0 Å². The molecule has 0 saturated heterocycles. The number of halogens is 1. The molecule has 2 rings (SSSR count). The summed E-state index contributed by atoms with van der Waals surface area (Å²) in [7, 11) is 2.12. The number of benzene rings is 1. The van der Waals surface area contributed by atoms with E-state index in [4.69, 9.17) is 11.6 Å². The molecular weight excluding hydrogens is 300 g/mol. The Balaban J connectivity index is 2.10. The molecule has 0 unspecified atom stereocenters. The van der Waals surface area contributed by atoms with Gasteiger partial charge in [0.05, 0.1) is 6.54 Å². The van der Waals surface area contributed by atoms with Crippen LogP contribution in [0.3, 0.4) is 0 Å². The minimum absolute atomic E-state index is 0.657. The monoisotopic (exact) mass is 322 g/mol. The van der Waals surface area contributed by atoms with Crippen molar-refractivity contribution in [3.05, 3.63) is 51.2 Å². The molecular formula is C17H23ClN2S. The Labute approximate surface area is 136 Å². The standard InChI is InChI=1S/C17H23ClN2S/c1-13(2)10-19-11-14-6-7-15(18)9-17(14)20(3)12-16-5-4-8-21-16/h4-9,13,19H,10-12H2,1-3H3. The van der Waals surface area contributed by atoms with Crippen molar-refractivity contribution in [3.63, 3.8) is 0 Å². The fraction of sp³-hybridized carbons (Fsp3) is 0.412. The van der Waals surface area contributed by atoms with Crippen molar-refractivity contribution in [1.82, 2.24) is 5.32 Å². The normalized spacial score (nSPS) is 11.1. The molecule has 1 heterocycles. The summed E-state index contributed by atoms with van der Waals surface area (Å²) in [6.45, 7) is 7.25. The second kappa shape index (κ2) is 7.83. The molecule has 0 spiro atoms. The van der Waals surface area contributed by atoms with E-state index in [0.717, 1.165) is 24.7 Å². The Morgan fingerprint density at radius 2 is 2.10 bits per heavy atom. The van der Waals surface area contributed by atoms with E-state index in [1.807, 2.05) is 6.07 Å². The molecule has 0 saturated carbocycles. The van der Waals surface area contributed by atoms with Crippen LogP contribution in [0.2, 0.25) is 5.02 Å². The van der Waals surface area contributed by atoms with E-state index < -0.39 is 0 Å². The van der Waals surface area contributed by atoms with Crippen molar-refractivity contribution in [2.24, 2.45) is 5.92 Å². The van der Waals surface area contributed by atoms with Crippen molar-refractivity contribution in [2.75, 3.05) is 18.5 Å². The molecule has 0 radical (unpaired) electrons. The summed E-state index contributed by atoms with van der Waals surface area (Å²) in [5.74, 6) is 0.657. The molecule has 0 atom stereocenters. The van der Waals surface area contributed by atoms with Crippen LogP contribution in [0, 0.1) is 5.92 Å². The first-order valence-electron chi connectivity index (χ1n) is 7.29. The Morgan fingerprint density at radius 3 is 2.76 bits per heavy atom. The zero-order chi connectivity index (χ0) is 15.2. The van der Waals surface area contributed by atoms with E-state index in [1.165, 1.54) is 16.1 Å². The largest absolute Gasteiger partial charge is 0.369 e. The molecule has 4 heteroatoms. The third-order valence-electron chi connectivity index (χ3n) is 3.30. The quantitative estimate of drug-likeness (QED) is 0.789. The minimum atomic E-state index is 0.657. The Morgan fingerprint density at radius 1 is 1.29 bits per heavy atom. The van der Waals surface area contributed by atoms with Crippen LogP contribution in [-0.4, -0.2) is 13.6 Å². The van der Waals surface area contributed by atoms with Crippen LogP contribution in [0.15, 0.2) is 35.7 Å². The predicted octanol–water partition coefficient (Wildman–Crippen LogP) is 4.78. The molecule has 0 aliphatic rings. The van der Waals surface area contributed by atoms with Gasteiger partial charge in [-0.2, -0.15) is 0 Å². The fourth-order valence-electron chi connectivity index (χ4n) is 2.26. The lowest BCUT2D eigenvalue weighted by atomic mass is 10.1. The molecule has 0 fully saturated rings. The van der Waals surface area contributed by atoms with Gasteiger partial charge in [0.25, 0.3) is 0 Å². The maximum absolute atomic E-state index is 6.18. The van der Waals surface area contributed by atoms with Gasteiger partial charge in [0.15, 0.2) is 0 Å². The summed E-state index contributed by atoms with van der Waals surface area (Å²) in [4.78, 5) is 3.63. The first-order chi connectivity index (χ1) is 10.1. The third kappa shape index (κ3) is 5.03. The van der Waals surface area contributed by atoms with Gasteiger partial charge in [-0.1, -0.05) is 37.6 Å². The van der Waals surface area contributed by atoms with Crippen LogP contribution in [-0.2, 0) is 13.1 Å². The van der Waals surface area contributed by atoms with Gasteiger partial charge in [-0.3, -0.25) is 0 Å². The summed E-state index contributed by atoms with van der Waals surface area (Å²) >= 11 is 7.97. The minimum Gasteiger partial charge on any atom is -0.369 e. The molecule has 114 valence electrons. The zero-order valence-electron chi connectivity index (χ0n) is 12.9. The first-order valence-corrected chi connectivity index (χ1v) is 8.54. The maximum Gasteiger partial charge on any atom is 0.0519 e. The average Bonchev–Trinajstić information content (AvgIpc) is 2.92. The predicted molar refractivity (Wildman–Crippen MR) is 94.4 cm³/mol. The molecule has 1 aromatic carbocycles. The first kappa shape index (κ1) is 16.3. The van der Waals surface area contributed by atoms with E-state index in [-0.39, 0.29) is 0 Å². The van der Waals surface area contributed by atoms with Crippen molar-refractivity contribution >= 4 is 28.6 Å². The fourth-order valence-corrected chi connectivity index (χ4v) is 3.18. The topological polar surface area (TPSA) is 15.3 Å². The highest BCUT2D eigenvalue weighted by Gasteiger charge is 2.09. The summed E-state index contributed by atoms with van der Waals surface area (Å²) in [5.41, 5.74) is 2.49. The van der Waals surface area contributed by atoms with E-state index in [0.29, 0.717) is 5.92 Å². The van der Waals surface area contributed by atoms with Crippen molar-refractivity contribution in [3.8, 4) is 0 Å². The van der Waals surface area contributed by atoms with Gasteiger partial charge < -0.3 is 10.2 Å². The zero-order valence-corrected chi connectivity index (χ0v) is 14.5. The van der Waals surface area contributed by atoms with E-state index in [2.05, 4.69) is 60.8 Å². The number of nitrogens with zero attached hydrogens (tertiary/aromatic N) is 1. The molecule has 0 aliphatic heterocycles. The third-order valence-corrected chi connectivity index (χ3v) is 4.40. The number of hydrogen-bond donors (Lipinski definition) is 1. The Kier molecular flexibility index (Phi) is 6.09. The highest BCUT2D eigenvalue weighted by Crippen LogP contribution is 2.26. The lowest BCUT2D eigenvalue weighted by molar-refractivity contribution is 0.552. The second-order valence-corrected chi connectivity index (χ2v) is 7.20. The van der Waals surface area contributed by atoms with E-state index in [9.17, 15) is 0 Å². The van der Waals surface area contributed by atoms with Gasteiger partial charge in [-0.25, -0.2) is 0 Å². The average molecular weight is 323 g/mol. The summed E-state index contributed by atoms with van der Waals surface area (Å²) in [6.07, 6.45) is 0. The van der Waals surface area contributed by atoms with Gasteiger partial charge in [-0.05, 0) is 41.6 Å². The van der Waals surface area contributed by atoms with Crippen LogP contribution in [0.1, 0.15) is 24.3 Å².